The van der Waals surface area contributed by atoms with Gasteiger partial charge in [0.15, 0.2) is 0 Å². The number of phenols is 1. The van der Waals surface area contributed by atoms with Gasteiger partial charge < -0.3 is 14.9 Å². The minimum Gasteiger partial charge on any atom is -0.507 e. The van der Waals surface area contributed by atoms with E-state index in [1.54, 1.807) is 0 Å². The molecule has 0 radical (unpaired) electrons. The maximum atomic E-state index is 11.1. The highest BCUT2D eigenvalue weighted by atomic mass is 16.5. The van der Waals surface area contributed by atoms with Crippen LogP contribution in [0.1, 0.15) is 133 Å². The fourth-order valence-corrected chi connectivity index (χ4v) is 6.35. The van der Waals surface area contributed by atoms with Gasteiger partial charge >= 0.3 is 0 Å². The lowest BCUT2D eigenvalue weighted by Gasteiger charge is -2.38. The molecule has 0 amide bonds. The predicted octanol–water partition coefficient (Wildman–Crippen LogP) is 9.81. The normalized spacial score (nSPS) is 19.4. The molecule has 3 nitrogen and oxygen atoms in total. The lowest BCUT2D eigenvalue weighted by atomic mass is 9.82. The first kappa shape index (κ1) is 31.5. The number of rotatable bonds is 15. The largest absolute Gasteiger partial charge is 0.507 e. The van der Waals surface area contributed by atoms with Gasteiger partial charge in [-0.3, -0.25) is 0 Å². The van der Waals surface area contributed by atoms with E-state index in [-0.39, 0.29) is 5.60 Å². The van der Waals surface area contributed by atoms with Crippen LogP contribution < -0.4 is 4.74 Å². The van der Waals surface area contributed by atoms with Crippen molar-refractivity contribution < 1.29 is 14.9 Å². The Morgan fingerprint density at radius 3 is 2.05 bits per heavy atom. The van der Waals surface area contributed by atoms with E-state index in [4.69, 9.17) is 4.74 Å². The van der Waals surface area contributed by atoms with Crippen LogP contribution >= 0.6 is 0 Å². The van der Waals surface area contributed by atoms with E-state index >= 15 is 0 Å². The molecular formula is C36H56O3. The first-order valence-electron chi connectivity index (χ1n) is 15.8. The first-order valence-corrected chi connectivity index (χ1v) is 15.8. The molecule has 0 aromatic heterocycles. The summed E-state index contributed by atoms with van der Waals surface area (Å²) in [5.41, 5.74) is 4.52. The number of hydrogen-bond acceptors (Lipinski definition) is 3. The summed E-state index contributed by atoms with van der Waals surface area (Å²) in [7, 11) is 0. The molecule has 2 aromatic carbocycles. The molecule has 4 unspecified atom stereocenters. The number of phenolic OH excluding ortho intramolecular Hbond substituents is 1. The number of ether oxygens (including phenoxy) is 1. The van der Waals surface area contributed by atoms with Crippen LogP contribution in [-0.4, -0.2) is 15.8 Å². The van der Waals surface area contributed by atoms with Crippen molar-refractivity contribution in [1.82, 2.24) is 0 Å². The number of hydrogen-bond donors (Lipinski definition) is 2. The predicted molar refractivity (Wildman–Crippen MR) is 165 cm³/mol. The molecule has 0 bridgehead atoms. The Labute approximate surface area is 239 Å². The van der Waals surface area contributed by atoms with E-state index in [0.29, 0.717) is 12.2 Å². The summed E-state index contributed by atoms with van der Waals surface area (Å²) >= 11 is 0. The summed E-state index contributed by atoms with van der Waals surface area (Å²) in [6.45, 7) is 15.8. The first-order chi connectivity index (χ1) is 18.5. The van der Waals surface area contributed by atoms with E-state index in [9.17, 15) is 10.2 Å². The molecule has 1 aliphatic heterocycles. The molecule has 2 aromatic rings. The average molecular weight is 537 g/mol. The van der Waals surface area contributed by atoms with Crippen molar-refractivity contribution in [2.24, 2.45) is 17.8 Å². The number of aromatic hydroxyl groups is 1. The molecule has 0 saturated heterocycles. The SMILES string of the molecule is Cc1c(C)c2c(c(CC(O)c3ccccc3)c1O)CCC(C)(CCCC(C)CCCC(C)CCCC(C)C)O2. The van der Waals surface area contributed by atoms with E-state index in [1.165, 1.54) is 51.4 Å². The van der Waals surface area contributed by atoms with Gasteiger partial charge in [0, 0.05) is 17.5 Å². The van der Waals surface area contributed by atoms with Crippen LogP contribution in [-0.2, 0) is 12.8 Å². The minimum atomic E-state index is -0.652. The van der Waals surface area contributed by atoms with Crippen LogP contribution in [0.2, 0.25) is 0 Å². The lowest BCUT2D eigenvalue weighted by Crippen LogP contribution is -2.37. The van der Waals surface area contributed by atoms with Gasteiger partial charge in [0.1, 0.15) is 17.1 Å². The molecule has 39 heavy (non-hydrogen) atoms. The quantitative estimate of drug-likeness (QED) is 0.238. The third kappa shape index (κ3) is 9.00. The molecule has 3 rings (SSSR count). The summed E-state index contributed by atoms with van der Waals surface area (Å²) in [5, 5.41) is 22.0. The maximum absolute atomic E-state index is 11.1. The highest BCUT2D eigenvalue weighted by molar-refractivity contribution is 5.59. The van der Waals surface area contributed by atoms with Crippen LogP contribution in [0.3, 0.4) is 0 Å². The molecule has 0 spiro atoms. The van der Waals surface area contributed by atoms with Gasteiger partial charge in [-0.1, -0.05) is 103 Å². The fraction of sp³-hybridized carbons (Fsp3) is 0.667. The van der Waals surface area contributed by atoms with Gasteiger partial charge in [-0.2, -0.15) is 0 Å². The molecule has 3 heteroatoms. The van der Waals surface area contributed by atoms with Crippen molar-refractivity contribution in [2.75, 3.05) is 0 Å². The van der Waals surface area contributed by atoms with Gasteiger partial charge in [0.2, 0.25) is 0 Å². The summed E-state index contributed by atoms with van der Waals surface area (Å²) in [6, 6.07) is 9.73. The number of fused-ring (bicyclic) bond motifs is 1. The Bertz CT molecular complexity index is 1030. The van der Waals surface area contributed by atoms with Gasteiger partial charge in [-0.25, -0.2) is 0 Å². The minimum absolute atomic E-state index is 0.179. The van der Waals surface area contributed by atoms with Crippen molar-refractivity contribution in [1.29, 1.82) is 0 Å². The topological polar surface area (TPSA) is 49.7 Å². The Hall–Kier alpha value is -2.00. The van der Waals surface area contributed by atoms with Crippen LogP contribution in [0, 0.1) is 31.6 Å². The summed E-state index contributed by atoms with van der Waals surface area (Å²) in [5.74, 6) is 3.70. The average Bonchev–Trinajstić information content (AvgIpc) is 2.90. The van der Waals surface area contributed by atoms with Gasteiger partial charge in [0.25, 0.3) is 0 Å². The zero-order chi connectivity index (χ0) is 28.6. The smallest absolute Gasteiger partial charge is 0.127 e. The fourth-order valence-electron chi connectivity index (χ4n) is 6.35. The highest BCUT2D eigenvalue weighted by Crippen LogP contribution is 2.46. The zero-order valence-electron chi connectivity index (χ0n) is 26.0. The molecule has 1 heterocycles. The Kier molecular flexibility index (Phi) is 11.8. The van der Waals surface area contributed by atoms with E-state index in [2.05, 4.69) is 41.5 Å². The molecule has 4 atom stereocenters. The van der Waals surface area contributed by atoms with E-state index < -0.39 is 6.10 Å². The van der Waals surface area contributed by atoms with Gasteiger partial charge in [0.05, 0.1) is 6.10 Å². The molecule has 218 valence electrons. The van der Waals surface area contributed by atoms with Crippen LogP contribution in [0.25, 0.3) is 0 Å². The second kappa shape index (κ2) is 14.6. The van der Waals surface area contributed by atoms with E-state index in [1.807, 2.05) is 37.3 Å². The lowest BCUT2D eigenvalue weighted by molar-refractivity contribution is 0.0508. The zero-order valence-corrected chi connectivity index (χ0v) is 26.0. The molecule has 1 aliphatic rings. The maximum Gasteiger partial charge on any atom is 0.127 e. The summed E-state index contributed by atoms with van der Waals surface area (Å²) < 4.78 is 6.77. The molecule has 0 fully saturated rings. The van der Waals surface area contributed by atoms with Gasteiger partial charge in [-0.15, -0.1) is 0 Å². The standard InChI is InChI=1S/C36H56O3/c1-25(2)14-11-15-26(3)16-12-17-27(4)18-13-22-36(7)23-21-31-32(24-33(37)30-19-9-8-10-20-30)34(38)28(5)29(6)35(31)39-36/h8-10,19-20,25-27,33,37-38H,11-18,21-24H2,1-7H3. The van der Waals surface area contributed by atoms with Crippen LogP contribution in [0.4, 0.5) is 0 Å². The Morgan fingerprint density at radius 1 is 0.846 bits per heavy atom. The Morgan fingerprint density at radius 2 is 1.44 bits per heavy atom. The van der Waals surface area contributed by atoms with Crippen molar-refractivity contribution in [2.45, 2.75) is 137 Å². The van der Waals surface area contributed by atoms with Crippen molar-refractivity contribution in [3.63, 3.8) is 0 Å². The van der Waals surface area contributed by atoms with Crippen molar-refractivity contribution in [3.8, 4) is 11.5 Å². The molecule has 0 saturated carbocycles. The Balaban J connectivity index is 1.54. The van der Waals surface area contributed by atoms with Crippen molar-refractivity contribution in [3.05, 3.63) is 58.1 Å². The highest BCUT2D eigenvalue weighted by Gasteiger charge is 2.35. The van der Waals surface area contributed by atoms with Crippen LogP contribution in [0.5, 0.6) is 11.5 Å². The van der Waals surface area contributed by atoms with E-state index in [0.717, 1.165) is 70.6 Å². The van der Waals surface area contributed by atoms with Crippen molar-refractivity contribution >= 4 is 0 Å². The third-order valence-corrected chi connectivity index (χ3v) is 9.29. The molecule has 0 aliphatic carbocycles. The number of benzene rings is 2. The monoisotopic (exact) mass is 536 g/mol. The number of aliphatic hydroxyl groups is 1. The van der Waals surface area contributed by atoms with Crippen LogP contribution in [0.15, 0.2) is 30.3 Å². The number of aliphatic hydroxyl groups excluding tert-OH is 1. The third-order valence-electron chi connectivity index (χ3n) is 9.29. The molecular weight excluding hydrogens is 480 g/mol. The summed E-state index contributed by atoms with van der Waals surface area (Å²) in [6.07, 6.45) is 13.2. The second-order valence-electron chi connectivity index (χ2n) is 13.4. The summed E-state index contributed by atoms with van der Waals surface area (Å²) in [4.78, 5) is 0. The van der Waals surface area contributed by atoms with Gasteiger partial charge in [-0.05, 0) is 80.9 Å². The molecule has 2 N–H and O–H groups in total. The second-order valence-corrected chi connectivity index (χ2v) is 13.4.